The molecule has 6 nitrogen and oxygen atoms in total. The minimum absolute atomic E-state index is 0.196. The largest absolute Gasteiger partial charge is 0.412 e. The summed E-state index contributed by atoms with van der Waals surface area (Å²) in [7, 11) is 0. The lowest BCUT2D eigenvalue weighted by Gasteiger charge is -2.06. The molecule has 0 spiro atoms. The number of nitrogens with one attached hydrogen (secondary N) is 1. The number of amides is 1. The van der Waals surface area contributed by atoms with E-state index in [1.807, 2.05) is 6.07 Å². The van der Waals surface area contributed by atoms with Crippen LogP contribution in [0.2, 0.25) is 0 Å². The van der Waals surface area contributed by atoms with Crippen LogP contribution in [0.15, 0.2) is 35.5 Å². The van der Waals surface area contributed by atoms with Crippen molar-refractivity contribution in [3.63, 3.8) is 0 Å². The second-order valence-corrected chi connectivity index (χ2v) is 3.68. The molecule has 1 aromatic rings. The quantitative estimate of drug-likeness (QED) is 0.235. The van der Waals surface area contributed by atoms with Crippen LogP contribution in [0.5, 0.6) is 5.75 Å². The first-order valence-corrected chi connectivity index (χ1v) is 5.69. The van der Waals surface area contributed by atoms with Crippen LogP contribution in [0.4, 0.5) is 4.79 Å². The zero-order valence-corrected chi connectivity index (χ0v) is 10.0. The van der Waals surface area contributed by atoms with Gasteiger partial charge < -0.3 is 21.0 Å². The van der Waals surface area contributed by atoms with Crippen LogP contribution >= 0.6 is 0 Å². The molecule has 0 saturated heterocycles. The normalized spacial score (nSPS) is 11.0. The molecule has 18 heavy (non-hydrogen) atoms. The molecule has 0 aliphatic carbocycles. The molecule has 1 rings (SSSR count). The Balaban J connectivity index is 2.11. The number of benzene rings is 1. The summed E-state index contributed by atoms with van der Waals surface area (Å²) in [6, 6.07) is 8.84. The standard InChI is InChI=1S/C12H17N3O3/c13-11(15-17)8-4-5-9-14-12(16)18-10-6-2-1-3-7-10/h1-3,6-7,17H,4-5,8-9H2,(H2,13,15)(H,14,16). The maximum atomic E-state index is 11.3. The third-order valence-corrected chi connectivity index (χ3v) is 2.21. The van der Waals surface area contributed by atoms with Gasteiger partial charge in [-0.2, -0.15) is 0 Å². The van der Waals surface area contributed by atoms with Gasteiger partial charge in [-0.25, -0.2) is 4.79 Å². The molecular weight excluding hydrogens is 234 g/mol. The third kappa shape index (κ3) is 5.74. The number of carbonyl (C=O) groups excluding carboxylic acids is 1. The Labute approximate surface area is 105 Å². The van der Waals surface area contributed by atoms with E-state index in [1.165, 1.54) is 0 Å². The van der Waals surface area contributed by atoms with Gasteiger partial charge in [-0.3, -0.25) is 0 Å². The molecule has 0 aliphatic heterocycles. The van der Waals surface area contributed by atoms with E-state index in [4.69, 9.17) is 15.7 Å². The molecule has 4 N–H and O–H groups in total. The number of oxime groups is 1. The van der Waals surface area contributed by atoms with Crippen LogP contribution in [-0.2, 0) is 0 Å². The van der Waals surface area contributed by atoms with E-state index in [-0.39, 0.29) is 5.84 Å². The smallest absolute Gasteiger partial charge is 0.410 e. The highest BCUT2D eigenvalue weighted by molar-refractivity contribution is 5.79. The van der Waals surface area contributed by atoms with Crippen molar-refractivity contribution in [2.24, 2.45) is 10.9 Å². The van der Waals surface area contributed by atoms with Gasteiger partial charge in [0.1, 0.15) is 11.6 Å². The summed E-state index contributed by atoms with van der Waals surface area (Å²) < 4.78 is 5.02. The average molecular weight is 251 g/mol. The summed E-state index contributed by atoms with van der Waals surface area (Å²) in [6.07, 6.45) is 1.50. The van der Waals surface area contributed by atoms with Gasteiger partial charge in [-0.05, 0) is 25.0 Å². The van der Waals surface area contributed by atoms with E-state index in [0.717, 1.165) is 12.8 Å². The van der Waals surface area contributed by atoms with E-state index >= 15 is 0 Å². The van der Waals surface area contributed by atoms with Gasteiger partial charge in [0, 0.05) is 13.0 Å². The summed E-state index contributed by atoms with van der Waals surface area (Å²) in [5, 5.41) is 13.8. The lowest BCUT2D eigenvalue weighted by Crippen LogP contribution is -2.27. The molecule has 0 saturated carbocycles. The second-order valence-electron chi connectivity index (χ2n) is 3.68. The first kappa shape index (κ1) is 13.8. The van der Waals surface area contributed by atoms with Crippen LogP contribution in [-0.4, -0.2) is 23.7 Å². The zero-order valence-electron chi connectivity index (χ0n) is 10.0. The van der Waals surface area contributed by atoms with Gasteiger partial charge in [-0.15, -0.1) is 0 Å². The maximum Gasteiger partial charge on any atom is 0.412 e. The fourth-order valence-electron chi connectivity index (χ4n) is 1.30. The van der Waals surface area contributed by atoms with Crippen molar-refractivity contribution in [1.29, 1.82) is 0 Å². The fourth-order valence-corrected chi connectivity index (χ4v) is 1.30. The molecule has 1 amide bonds. The minimum atomic E-state index is -0.481. The van der Waals surface area contributed by atoms with Crippen LogP contribution in [0.25, 0.3) is 0 Å². The molecule has 0 aromatic heterocycles. The highest BCUT2D eigenvalue weighted by Crippen LogP contribution is 2.08. The minimum Gasteiger partial charge on any atom is -0.410 e. The van der Waals surface area contributed by atoms with Crippen molar-refractivity contribution in [3.8, 4) is 5.75 Å². The number of ether oxygens (including phenoxy) is 1. The lowest BCUT2D eigenvalue weighted by atomic mass is 10.2. The highest BCUT2D eigenvalue weighted by Gasteiger charge is 2.02. The van der Waals surface area contributed by atoms with Gasteiger partial charge in [0.25, 0.3) is 0 Å². The topological polar surface area (TPSA) is 96.9 Å². The predicted octanol–water partition coefficient (Wildman–Crippen LogP) is 1.69. The molecule has 0 unspecified atom stereocenters. The molecule has 0 bridgehead atoms. The molecule has 0 atom stereocenters. The van der Waals surface area contributed by atoms with Crippen molar-refractivity contribution in [1.82, 2.24) is 5.32 Å². The number of carbonyl (C=O) groups is 1. The molecule has 0 heterocycles. The Morgan fingerprint density at radius 2 is 2.06 bits per heavy atom. The van der Waals surface area contributed by atoms with E-state index in [1.54, 1.807) is 24.3 Å². The van der Waals surface area contributed by atoms with Crippen LogP contribution in [0, 0.1) is 0 Å². The third-order valence-electron chi connectivity index (χ3n) is 2.21. The Hall–Kier alpha value is -2.24. The van der Waals surface area contributed by atoms with E-state index < -0.39 is 6.09 Å². The summed E-state index contributed by atoms with van der Waals surface area (Å²) in [6.45, 7) is 0.490. The Kier molecular flexibility index (Phi) is 6.10. The molecule has 0 radical (unpaired) electrons. The molecule has 0 fully saturated rings. The van der Waals surface area contributed by atoms with Gasteiger partial charge in [0.2, 0.25) is 0 Å². The van der Waals surface area contributed by atoms with Gasteiger partial charge in [0.15, 0.2) is 0 Å². The first-order valence-electron chi connectivity index (χ1n) is 5.69. The fraction of sp³-hybridized carbons (Fsp3) is 0.333. The number of rotatable bonds is 6. The van der Waals surface area contributed by atoms with Crippen molar-refractivity contribution >= 4 is 11.9 Å². The SMILES string of the molecule is NC(CCCCNC(=O)Oc1ccccc1)=NO. The average Bonchev–Trinajstić information content (AvgIpc) is 2.39. The number of nitrogens with zero attached hydrogens (tertiary/aromatic N) is 1. The number of para-hydroxylation sites is 1. The second kappa shape index (κ2) is 7.94. The number of hydrogen-bond acceptors (Lipinski definition) is 4. The van der Waals surface area contributed by atoms with E-state index in [0.29, 0.717) is 18.7 Å². The Morgan fingerprint density at radius 1 is 1.33 bits per heavy atom. The van der Waals surface area contributed by atoms with E-state index in [2.05, 4.69) is 10.5 Å². The van der Waals surface area contributed by atoms with Gasteiger partial charge >= 0.3 is 6.09 Å². The zero-order chi connectivity index (χ0) is 13.2. The van der Waals surface area contributed by atoms with Gasteiger partial charge in [-0.1, -0.05) is 23.4 Å². The maximum absolute atomic E-state index is 11.3. The summed E-state index contributed by atoms with van der Waals surface area (Å²) >= 11 is 0. The van der Waals surface area contributed by atoms with Crippen LogP contribution in [0.1, 0.15) is 19.3 Å². The predicted molar refractivity (Wildman–Crippen MR) is 67.7 cm³/mol. The Bertz CT molecular complexity index is 393. The summed E-state index contributed by atoms with van der Waals surface area (Å²) in [5.74, 6) is 0.702. The molecule has 1 aromatic carbocycles. The highest BCUT2D eigenvalue weighted by atomic mass is 16.6. The Morgan fingerprint density at radius 3 is 2.72 bits per heavy atom. The molecule has 0 aliphatic rings. The number of hydrogen-bond donors (Lipinski definition) is 3. The molecule has 98 valence electrons. The number of amidine groups is 1. The first-order chi connectivity index (χ1) is 8.72. The van der Waals surface area contributed by atoms with Crippen molar-refractivity contribution in [2.75, 3.05) is 6.54 Å². The van der Waals surface area contributed by atoms with Crippen LogP contribution in [0.3, 0.4) is 0 Å². The molecular formula is C12H17N3O3. The van der Waals surface area contributed by atoms with Crippen LogP contribution < -0.4 is 15.8 Å². The number of nitrogens with two attached hydrogens (primary N) is 1. The van der Waals surface area contributed by atoms with Crippen molar-refractivity contribution in [2.45, 2.75) is 19.3 Å². The van der Waals surface area contributed by atoms with Crippen molar-refractivity contribution in [3.05, 3.63) is 30.3 Å². The number of unbranched alkanes of at least 4 members (excludes halogenated alkanes) is 1. The van der Waals surface area contributed by atoms with Crippen molar-refractivity contribution < 1.29 is 14.7 Å². The summed E-state index contributed by atoms with van der Waals surface area (Å²) in [4.78, 5) is 11.3. The lowest BCUT2D eigenvalue weighted by molar-refractivity contribution is 0.200. The summed E-state index contributed by atoms with van der Waals surface area (Å²) in [5.41, 5.74) is 5.31. The van der Waals surface area contributed by atoms with E-state index in [9.17, 15) is 4.79 Å². The molecule has 6 heteroatoms. The van der Waals surface area contributed by atoms with Gasteiger partial charge in [0.05, 0.1) is 0 Å². The monoisotopic (exact) mass is 251 g/mol.